The number of benzene rings is 2. The topological polar surface area (TPSA) is 67.4 Å². The fourth-order valence-electron chi connectivity index (χ4n) is 2.15. The minimum atomic E-state index is -0.643. The number of hydrogen-bond acceptors (Lipinski definition) is 3. The van der Waals surface area contributed by atoms with Gasteiger partial charge < -0.3 is 15.4 Å². The summed E-state index contributed by atoms with van der Waals surface area (Å²) >= 11 is 0. The van der Waals surface area contributed by atoms with Crippen LogP contribution in [0.1, 0.15) is 26.3 Å². The highest BCUT2D eigenvalue weighted by molar-refractivity contribution is 5.96. The smallest absolute Gasteiger partial charge is 0.265 e. The maximum absolute atomic E-state index is 12.3. The Balaban J connectivity index is 1.98. The number of carbonyl (C=O) groups is 2. The molecule has 0 radical (unpaired) electrons. The first kappa shape index (κ1) is 18.5. The highest BCUT2D eigenvalue weighted by Crippen LogP contribution is 2.18. The van der Waals surface area contributed by atoms with Gasteiger partial charge in [0.2, 0.25) is 5.91 Å². The van der Waals surface area contributed by atoms with Gasteiger partial charge in [-0.25, -0.2) is 0 Å². The van der Waals surface area contributed by atoms with Gasteiger partial charge in [0.1, 0.15) is 5.75 Å². The molecule has 0 aliphatic rings. The van der Waals surface area contributed by atoms with Crippen molar-refractivity contribution in [3.8, 4) is 5.75 Å². The molecule has 0 heterocycles. The Morgan fingerprint density at radius 2 is 1.48 bits per heavy atom. The molecule has 0 saturated heterocycles. The standard InChI is InChI=1S/C20H24N2O3/c1-13(2)19(23)21-16-8-6-9-17(12-16)22-20(24)15(4)25-18-10-5-7-14(3)11-18/h5-13,15H,1-4H3,(H,21,23)(H,22,24)/t15-/m1/s1. The SMILES string of the molecule is Cc1cccc(O[C@H](C)C(=O)Nc2cccc(NC(=O)C(C)C)c2)c1. The van der Waals surface area contributed by atoms with E-state index < -0.39 is 6.10 Å². The highest BCUT2D eigenvalue weighted by Gasteiger charge is 2.15. The monoisotopic (exact) mass is 340 g/mol. The summed E-state index contributed by atoms with van der Waals surface area (Å²) in [6.45, 7) is 7.31. The van der Waals surface area contributed by atoms with Crippen molar-refractivity contribution < 1.29 is 14.3 Å². The van der Waals surface area contributed by atoms with Crippen LogP contribution >= 0.6 is 0 Å². The number of hydrogen-bond donors (Lipinski definition) is 2. The van der Waals surface area contributed by atoms with E-state index in [1.807, 2.05) is 45.0 Å². The molecule has 1 atom stereocenters. The third kappa shape index (κ3) is 5.64. The molecule has 0 aliphatic heterocycles. The van der Waals surface area contributed by atoms with Crippen LogP contribution in [-0.4, -0.2) is 17.9 Å². The van der Waals surface area contributed by atoms with Gasteiger partial charge in [0.05, 0.1) is 0 Å². The Labute approximate surface area is 148 Å². The molecule has 25 heavy (non-hydrogen) atoms. The van der Waals surface area contributed by atoms with Crippen LogP contribution < -0.4 is 15.4 Å². The second-order valence-corrected chi connectivity index (χ2v) is 6.29. The summed E-state index contributed by atoms with van der Waals surface area (Å²) in [5.41, 5.74) is 2.31. The number of ether oxygens (including phenoxy) is 1. The first-order valence-corrected chi connectivity index (χ1v) is 8.30. The molecule has 2 rings (SSSR count). The van der Waals surface area contributed by atoms with Gasteiger partial charge in [-0.05, 0) is 49.7 Å². The molecule has 2 amide bonds. The van der Waals surface area contributed by atoms with Gasteiger partial charge in [-0.1, -0.05) is 32.0 Å². The quantitative estimate of drug-likeness (QED) is 0.835. The summed E-state index contributed by atoms with van der Waals surface area (Å²) in [6.07, 6.45) is -0.643. The summed E-state index contributed by atoms with van der Waals surface area (Å²) < 4.78 is 5.67. The van der Waals surface area contributed by atoms with Crippen molar-refractivity contribution in [2.75, 3.05) is 10.6 Å². The Kier molecular flexibility index (Phi) is 6.17. The Morgan fingerprint density at radius 3 is 2.08 bits per heavy atom. The first-order chi connectivity index (χ1) is 11.8. The lowest BCUT2D eigenvalue weighted by Gasteiger charge is -2.16. The number of rotatable bonds is 6. The van der Waals surface area contributed by atoms with Crippen LogP contribution in [0.15, 0.2) is 48.5 Å². The van der Waals surface area contributed by atoms with Gasteiger partial charge >= 0.3 is 0 Å². The van der Waals surface area contributed by atoms with Gasteiger partial charge in [0.25, 0.3) is 5.91 Å². The van der Waals surface area contributed by atoms with E-state index in [4.69, 9.17) is 4.74 Å². The third-order valence-corrected chi connectivity index (χ3v) is 3.59. The lowest BCUT2D eigenvalue weighted by atomic mass is 10.2. The first-order valence-electron chi connectivity index (χ1n) is 8.30. The van der Waals surface area contributed by atoms with Crippen molar-refractivity contribution in [3.63, 3.8) is 0 Å². The summed E-state index contributed by atoms with van der Waals surface area (Å²) in [7, 11) is 0. The van der Waals surface area contributed by atoms with E-state index in [0.717, 1.165) is 5.56 Å². The molecule has 132 valence electrons. The summed E-state index contributed by atoms with van der Waals surface area (Å²) in [5.74, 6) is 0.218. The molecule has 0 aromatic heterocycles. The minimum absolute atomic E-state index is 0.0698. The van der Waals surface area contributed by atoms with Crippen LogP contribution in [0.4, 0.5) is 11.4 Å². The van der Waals surface area contributed by atoms with Crippen LogP contribution in [-0.2, 0) is 9.59 Å². The number of nitrogens with one attached hydrogen (secondary N) is 2. The Hall–Kier alpha value is -2.82. The van der Waals surface area contributed by atoms with E-state index >= 15 is 0 Å². The van der Waals surface area contributed by atoms with Crippen molar-refractivity contribution in [2.45, 2.75) is 33.8 Å². The predicted molar refractivity (Wildman–Crippen MR) is 99.8 cm³/mol. The van der Waals surface area contributed by atoms with E-state index in [1.165, 1.54) is 0 Å². The van der Waals surface area contributed by atoms with Crippen molar-refractivity contribution >= 4 is 23.2 Å². The van der Waals surface area contributed by atoms with Crippen molar-refractivity contribution in [3.05, 3.63) is 54.1 Å². The van der Waals surface area contributed by atoms with Crippen LogP contribution in [0.3, 0.4) is 0 Å². The van der Waals surface area contributed by atoms with Gasteiger partial charge in [-0.15, -0.1) is 0 Å². The van der Waals surface area contributed by atoms with Crippen molar-refractivity contribution in [1.82, 2.24) is 0 Å². The van der Waals surface area contributed by atoms with Gasteiger partial charge in [-0.3, -0.25) is 9.59 Å². The lowest BCUT2D eigenvalue weighted by molar-refractivity contribution is -0.122. The van der Waals surface area contributed by atoms with E-state index in [1.54, 1.807) is 31.2 Å². The summed E-state index contributed by atoms with van der Waals surface area (Å²) in [4.78, 5) is 24.1. The number of anilines is 2. The van der Waals surface area contributed by atoms with E-state index in [9.17, 15) is 9.59 Å². The maximum atomic E-state index is 12.3. The van der Waals surface area contributed by atoms with Gasteiger partial charge in [0.15, 0.2) is 6.10 Å². The zero-order valence-electron chi connectivity index (χ0n) is 15.0. The molecule has 0 unspecified atom stereocenters. The lowest BCUT2D eigenvalue weighted by Crippen LogP contribution is -2.30. The van der Waals surface area contributed by atoms with Crippen LogP contribution in [0.5, 0.6) is 5.75 Å². The largest absolute Gasteiger partial charge is 0.481 e. The highest BCUT2D eigenvalue weighted by atomic mass is 16.5. The third-order valence-electron chi connectivity index (χ3n) is 3.59. The molecule has 5 heteroatoms. The van der Waals surface area contributed by atoms with Crippen molar-refractivity contribution in [1.29, 1.82) is 0 Å². The molecule has 0 aliphatic carbocycles. The fraction of sp³-hybridized carbons (Fsp3) is 0.300. The second-order valence-electron chi connectivity index (χ2n) is 6.29. The van der Waals surface area contributed by atoms with Gasteiger partial charge in [0, 0.05) is 17.3 Å². The Bertz CT molecular complexity index is 756. The molecule has 0 spiro atoms. The second kappa shape index (κ2) is 8.33. The molecule has 0 bridgehead atoms. The van der Waals surface area contributed by atoms with Crippen molar-refractivity contribution in [2.24, 2.45) is 5.92 Å². The summed E-state index contributed by atoms with van der Waals surface area (Å²) in [5, 5.41) is 5.61. The molecular formula is C20H24N2O3. The molecule has 2 aromatic carbocycles. The van der Waals surface area contributed by atoms with Crippen LogP contribution in [0, 0.1) is 12.8 Å². The zero-order valence-corrected chi connectivity index (χ0v) is 15.0. The van der Waals surface area contributed by atoms with Crippen LogP contribution in [0.2, 0.25) is 0 Å². The van der Waals surface area contributed by atoms with E-state index in [2.05, 4.69) is 10.6 Å². The molecule has 0 saturated carbocycles. The summed E-state index contributed by atoms with van der Waals surface area (Å²) in [6, 6.07) is 14.6. The van der Waals surface area contributed by atoms with E-state index in [0.29, 0.717) is 17.1 Å². The average Bonchev–Trinajstić information content (AvgIpc) is 2.55. The average molecular weight is 340 g/mol. The Morgan fingerprint density at radius 1 is 0.880 bits per heavy atom. The van der Waals surface area contributed by atoms with Crippen LogP contribution in [0.25, 0.3) is 0 Å². The number of aryl methyl sites for hydroxylation is 1. The number of carbonyl (C=O) groups excluding carboxylic acids is 2. The molecule has 2 N–H and O–H groups in total. The maximum Gasteiger partial charge on any atom is 0.265 e. The minimum Gasteiger partial charge on any atom is -0.481 e. The molecule has 0 fully saturated rings. The van der Waals surface area contributed by atoms with Gasteiger partial charge in [-0.2, -0.15) is 0 Å². The predicted octanol–water partition coefficient (Wildman–Crippen LogP) is 4.00. The molecule has 5 nitrogen and oxygen atoms in total. The zero-order chi connectivity index (χ0) is 18.4. The van der Waals surface area contributed by atoms with E-state index in [-0.39, 0.29) is 17.7 Å². The normalized spacial score (nSPS) is 11.7. The fourth-order valence-corrected chi connectivity index (χ4v) is 2.15. The molecular weight excluding hydrogens is 316 g/mol. The number of amides is 2. The molecule has 2 aromatic rings.